The zero-order valence-electron chi connectivity index (χ0n) is 7.78. The molecule has 0 aliphatic rings. The Balaban J connectivity index is 0. The Hall–Kier alpha value is -1.58. The van der Waals surface area contributed by atoms with Gasteiger partial charge in [0.2, 0.25) is 0 Å². The summed E-state index contributed by atoms with van der Waals surface area (Å²) in [4.78, 5) is 19.3. The number of carboxylic acid groups (broad SMARTS) is 2. The number of rotatable bonds is 3. The van der Waals surface area contributed by atoms with Gasteiger partial charge in [0.1, 0.15) is 0 Å². The van der Waals surface area contributed by atoms with Crippen LogP contribution in [0.25, 0.3) is 0 Å². The zero-order chi connectivity index (χ0) is 11.0. The highest BCUT2D eigenvalue weighted by Gasteiger charge is 2.06. The molecule has 0 spiro atoms. The molecule has 0 radical (unpaired) electrons. The van der Waals surface area contributed by atoms with Gasteiger partial charge in [-0.25, -0.2) is 9.59 Å². The second-order valence-corrected chi connectivity index (χ2v) is 2.53. The molecule has 0 saturated carbocycles. The minimum absolute atomic E-state index is 0.0486. The normalized spacial score (nSPS) is 8.23. The largest absolute Gasteiger partial charge is 0.478 e. The predicted octanol–water partition coefficient (Wildman–Crippen LogP) is 1.54. The topological polar surface area (TPSA) is 74.6 Å². The highest BCUT2D eigenvalue weighted by Crippen LogP contribution is 2.04. The number of carboxylic acids is 2. The van der Waals surface area contributed by atoms with Crippen LogP contribution < -0.4 is 0 Å². The number of carbonyl (C=O) groups is 2. The van der Waals surface area contributed by atoms with E-state index in [1.165, 1.54) is 0 Å². The van der Waals surface area contributed by atoms with Crippen LogP contribution in [0.5, 0.6) is 0 Å². The molecule has 0 fully saturated rings. The monoisotopic (exact) mass is 186 g/mol. The van der Waals surface area contributed by atoms with Gasteiger partial charge >= 0.3 is 11.9 Å². The summed E-state index contributed by atoms with van der Waals surface area (Å²) in [5, 5.41) is 15.9. The van der Waals surface area contributed by atoms with Gasteiger partial charge in [0.05, 0.1) is 0 Å². The Morgan fingerprint density at radius 3 is 1.62 bits per heavy atom. The first-order valence-corrected chi connectivity index (χ1v) is 3.60. The molecule has 4 heteroatoms. The van der Waals surface area contributed by atoms with E-state index >= 15 is 0 Å². The lowest BCUT2D eigenvalue weighted by atomic mass is 10.1. The molecule has 13 heavy (non-hydrogen) atoms. The number of hydrogen-bond donors (Lipinski definition) is 2. The third-order valence-electron chi connectivity index (χ3n) is 1.15. The summed E-state index contributed by atoms with van der Waals surface area (Å²) in [6, 6.07) is 0. The van der Waals surface area contributed by atoms with Crippen LogP contribution in [0.4, 0.5) is 0 Å². The van der Waals surface area contributed by atoms with E-state index in [4.69, 9.17) is 10.2 Å². The van der Waals surface area contributed by atoms with Gasteiger partial charge in [-0.15, -0.1) is 0 Å². The van der Waals surface area contributed by atoms with Gasteiger partial charge < -0.3 is 10.2 Å². The molecule has 0 aliphatic heterocycles. The fraction of sp³-hybridized carbons (Fsp3) is 0.333. The molecular formula is C9H14O4. The summed E-state index contributed by atoms with van der Waals surface area (Å²) in [5.41, 5.74) is 0.269. The molecule has 74 valence electrons. The van der Waals surface area contributed by atoms with Crippen molar-refractivity contribution in [1.29, 1.82) is 0 Å². The van der Waals surface area contributed by atoms with Crippen LogP contribution in [0.2, 0.25) is 0 Å². The van der Waals surface area contributed by atoms with E-state index in [1.807, 2.05) is 0 Å². The molecule has 0 rings (SSSR count). The summed E-state index contributed by atoms with van der Waals surface area (Å²) < 4.78 is 0. The summed E-state index contributed by atoms with van der Waals surface area (Å²) in [6.45, 7) is 9.92. The molecule has 0 atom stereocenters. The minimum Gasteiger partial charge on any atom is -0.478 e. The van der Waals surface area contributed by atoms with Gasteiger partial charge in [-0.1, -0.05) is 27.0 Å². The lowest BCUT2D eigenvalue weighted by Gasteiger charge is -2.00. The van der Waals surface area contributed by atoms with Crippen molar-refractivity contribution in [2.24, 2.45) is 5.92 Å². The minimum atomic E-state index is -0.981. The molecule has 0 unspecified atom stereocenters. The van der Waals surface area contributed by atoms with Gasteiger partial charge in [-0.3, -0.25) is 0 Å². The first kappa shape index (κ1) is 14.0. The van der Waals surface area contributed by atoms with Gasteiger partial charge in [0.15, 0.2) is 0 Å². The van der Waals surface area contributed by atoms with E-state index < -0.39 is 11.9 Å². The third-order valence-corrected chi connectivity index (χ3v) is 1.15. The average Bonchev–Trinajstić information content (AvgIpc) is 2.03. The molecule has 0 aromatic heterocycles. The Morgan fingerprint density at radius 2 is 1.62 bits per heavy atom. The Labute approximate surface area is 77.2 Å². The lowest BCUT2D eigenvalue weighted by molar-refractivity contribution is -0.133. The summed E-state index contributed by atoms with van der Waals surface area (Å²) in [7, 11) is 0. The summed E-state index contributed by atoms with van der Waals surface area (Å²) in [6.07, 6.45) is 0.833. The maximum atomic E-state index is 10.0. The van der Waals surface area contributed by atoms with Crippen molar-refractivity contribution in [2.75, 3.05) is 0 Å². The summed E-state index contributed by atoms with van der Waals surface area (Å²) >= 11 is 0. The molecule has 0 bridgehead atoms. The van der Waals surface area contributed by atoms with Crippen LogP contribution in [0.3, 0.4) is 0 Å². The van der Waals surface area contributed by atoms with Crippen molar-refractivity contribution in [3.05, 3.63) is 24.8 Å². The first-order chi connectivity index (χ1) is 5.82. The van der Waals surface area contributed by atoms with Crippen molar-refractivity contribution in [3.8, 4) is 0 Å². The lowest BCUT2D eigenvalue weighted by Crippen LogP contribution is -2.04. The van der Waals surface area contributed by atoms with Gasteiger partial charge in [0.25, 0.3) is 0 Å². The van der Waals surface area contributed by atoms with Crippen LogP contribution in [0.1, 0.15) is 13.8 Å². The van der Waals surface area contributed by atoms with E-state index in [-0.39, 0.29) is 11.5 Å². The van der Waals surface area contributed by atoms with Crippen LogP contribution in [0.15, 0.2) is 24.8 Å². The van der Waals surface area contributed by atoms with Gasteiger partial charge in [-0.05, 0) is 5.92 Å². The maximum Gasteiger partial charge on any atom is 0.331 e. The fourth-order valence-electron chi connectivity index (χ4n) is 0.247. The van der Waals surface area contributed by atoms with E-state index in [1.54, 1.807) is 13.8 Å². The Morgan fingerprint density at radius 1 is 1.31 bits per heavy atom. The second kappa shape index (κ2) is 7.09. The average molecular weight is 186 g/mol. The van der Waals surface area contributed by atoms with Crippen molar-refractivity contribution < 1.29 is 19.8 Å². The van der Waals surface area contributed by atoms with Gasteiger partial charge in [-0.2, -0.15) is 0 Å². The van der Waals surface area contributed by atoms with Crippen molar-refractivity contribution in [2.45, 2.75) is 13.8 Å². The van der Waals surface area contributed by atoms with Crippen LogP contribution in [-0.2, 0) is 9.59 Å². The van der Waals surface area contributed by atoms with Gasteiger partial charge in [0, 0.05) is 11.6 Å². The smallest absolute Gasteiger partial charge is 0.331 e. The van der Waals surface area contributed by atoms with Crippen molar-refractivity contribution in [1.82, 2.24) is 0 Å². The Kier molecular flexibility index (Phi) is 7.62. The number of hydrogen-bond acceptors (Lipinski definition) is 2. The van der Waals surface area contributed by atoms with E-state index in [0.29, 0.717) is 0 Å². The molecular weight excluding hydrogens is 172 g/mol. The predicted molar refractivity (Wildman–Crippen MR) is 49.4 cm³/mol. The molecule has 0 aliphatic carbocycles. The van der Waals surface area contributed by atoms with Crippen LogP contribution in [-0.4, -0.2) is 22.2 Å². The second-order valence-electron chi connectivity index (χ2n) is 2.53. The fourth-order valence-corrected chi connectivity index (χ4v) is 0.247. The Bertz CT molecular complexity index is 216. The molecule has 0 aromatic rings. The standard InChI is InChI=1S/C6H10O2.C3H4O2/c1-4(2)5(3)6(7)8;1-2-3(4)5/h4H,3H2,1-2H3,(H,7,8);2H,1H2,(H,4,5). The van der Waals surface area contributed by atoms with E-state index in [9.17, 15) is 9.59 Å². The quantitative estimate of drug-likeness (QED) is 0.655. The third kappa shape index (κ3) is 10.4. The van der Waals surface area contributed by atoms with E-state index in [2.05, 4.69) is 13.2 Å². The number of aliphatic carboxylic acids is 2. The highest BCUT2D eigenvalue weighted by molar-refractivity contribution is 5.86. The molecule has 0 heterocycles. The van der Waals surface area contributed by atoms with E-state index in [0.717, 1.165) is 6.08 Å². The van der Waals surface area contributed by atoms with Crippen LogP contribution in [0, 0.1) is 5.92 Å². The summed E-state index contributed by atoms with van der Waals surface area (Å²) in [5.74, 6) is -1.84. The molecule has 2 N–H and O–H groups in total. The molecule has 0 aromatic carbocycles. The zero-order valence-corrected chi connectivity index (χ0v) is 7.78. The van der Waals surface area contributed by atoms with Crippen LogP contribution >= 0.6 is 0 Å². The van der Waals surface area contributed by atoms with Crippen molar-refractivity contribution in [3.63, 3.8) is 0 Å². The highest BCUT2D eigenvalue weighted by atomic mass is 16.4. The maximum absolute atomic E-state index is 10.0. The molecule has 0 amide bonds. The first-order valence-electron chi connectivity index (χ1n) is 3.60. The molecule has 4 nitrogen and oxygen atoms in total. The SMILES string of the molecule is C=C(C(=O)O)C(C)C.C=CC(=O)O. The molecule has 0 saturated heterocycles. The van der Waals surface area contributed by atoms with Crippen molar-refractivity contribution >= 4 is 11.9 Å².